The van der Waals surface area contributed by atoms with Crippen molar-refractivity contribution in [3.63, 3.8) is 0 Å². The molecule has 4 nitrogen and oxygen atoms in total. The van der Waals surface area contributed by atoms with E-state index in [0.717, 1.165) is 30.6 Å². The van der Waals surface area contributed by atoms with Gasteiger partial charge in [-0.25, -0.2) is 19.6 Å². The zero-order chi connectivity index (χ0) is 13.5. The first kappa shape index (κ1) is 14.2. The van der Waals surface area contributed by atoms with Gasteiger partial charge in [0.1, 0.15) is 0 Å². The summed E-state index contributed by atoms with van der Waals surface area (Å²) in [6, 6.07) is 0. The number of aliphatic imine (C=N–C) groups is 2. The highest BCUT2D eigenvalue weighted by Gasteiger charge is 2.44. The minimum Gasteiger partial charge on any atom is -0.211 e. The summed E-state index contributed by atoms with van der Waals surface area (Å²) >= 11 is 0. The maximum atomic E-state index is 10.2. The number of fused-ring (bicyclic) bond motifs is 2. The second-order valence-electron chi connectivity index (χ2n) is 6.00. The Bertz CT molecular complexity index is 384. The number of isocyanates is 2. The highest BCUT2D eigenvalue weighted by atomic mass is 16.1. The van der Waals surface area contributed by atoms with Crippen LogP contribution in [-0.4, -0.2) is 25.2 Å². The third-order valence-corrected chi connectivity index (χ3v) is 4.95. The van der Waals surface area contributed by atoms with Crippen LogP contribution in [0, 0.1) is 23.7 Å². The zero-order valence-electron chi connectivity index (χ0n) is 11.4. The third kappa shape index (κ3) is 3.86. The summed E-state index contributed by atoms with van der Waals surface area (Å²) in [5.74, 6) is 3.19. The maximum absolute atomic E-state index is 10.2. The SMILES string of the molecule is O=C=NCCCCCC1CC2CC1CC2CN=C=O. The van der Waals surface area contributed by atoms with E-state index in [0.29, 0.717) is 19.0 Å². The lowest BCUT2D eigenvalue weighted by atomic mass is 9.80. The highest BCUT2D eigenvalue weighted by Crippen LogP contribution is 2.53. The van der Waals surface area contributed by atoms with Crippen molar-refractivity contribution in [1.82, 2.24) is 0 Å². The van der Waals surface area contributed by atoms with Gasteiger partial charge in [-0.05, 0) is 49.4 Å². The molecule has 0 aromatic carbocycles. The van der Waals surface area contributed by atoms with Crippen molar-refractivity contribution in [3.05, 3.63) is 0 Å². The summed E-state index contributed by atoms with van der Waals surface area (Å²) in [5.41, 5.74) is 0. The molecular weight excluding hydrogens is 240 g/mol. The standard InChI is InChI=1S/C15H22N2O2/c18-10-16-5-3-1-2-4-12-6-14-7-13(12)8-15(14)9-17-11-19/h12-15H,1-9H2. The molecule has 2 aliphatic carbocycles. The Hall–Kier alpha value is -1.24. The van der Waals surface area contributed by atoms with Crippen molar-refractivity contribution in [3.8, 4) is 0 Å². The second-order valence-corrected chi connectivity index (χ2v) is 6.00. The smallest absolute Gasteiger partial charge is 0.211 e. The average molecular weight is 262 g/mol. The molecule has 19 heavy (non-hydrogen) atoms. The third-order valence-electron chi connectivity index (χ3n) is 4.95. The van der Waals surface area contributed by atoms with Crippen molar-refractivity contribution in [2.75, 3.05) is 13.1 Å². The molecule has 0 saturated heterocycles. The fourth-order valence-corrected chi connectivity index (χ4v) is 4.07. The topological polar surface area (TPSA) is 58.9 Å². The first-order chi connectivity index (χ1) is 9.35. The summed E-state index contributed by atoms with van der Waals surface area (Å²) in [4.78, 5) is 27.4. The van der Waals surface area contributed by atoms with Crippen molar-refractivity contribution in [2.24, 2.45) is 33.7 Å². The number of hydrogen-bond acceptors (Lipinski definition) is 4. The quantitative estimate of drug-likeness (QED) is 0.383. The van der Waals surface area contributed by atoms with Crippen LogP contribution in [0.3, 0.4) is 0 Å². The molecule has 0 heterocycles. The molecule has 4 unspecified atom stereocenters. The number of rotatable bonds is 8. The molecule has 0 N–H and O–H groups in total. The Morgan fingerprint density at radius 2 is 1.58 bits per heavy atom. The van der Waals surface area contributed by atoms with Crippen LogP contribution in [0.1, 0.15) is 44.9 Å². The Morgan fingerprint density at radius 3 is 2.26 bits per heavy atom. The van der Waals surface area contributed by atoms with E-state index in [9.17, 15) is 9.59 Å². The second kappa shape index (κ2) is 7.37. The van der Waals surface area contributed by atoms with E-state index in [1.54, 1.807) is 12.2 Å². The first-order valence-electron chi connectivity index (χ1n) is 7.42. The van der Waals surface area contributed by atoms with Crippen LogP contribution < -0.4 is 0 Å². The molecule has 2 rings (SSSR count). The van der Waals surface area contributed by atoms with Crippen molar-refractivity contribution >= 4 is 12.2 Å². The fraction of sp³-hybridized carbons (Fsp3) is 0.867. The molecule has 0 amide bonds. The largest absolute Gasteiger partial charge is 0.234 e. The van der Waals surface area contributed by atoms with E-state index in [-0.39, 0.29) is 0 Å². The molecule has 0 aliphatic heterocycles. The van der Waals surface area contributed by atoms with E-state index in [1.807, 2.05) is 0 Å². The molecule has 104 valence electrons. The van der Waals surface area contributed by atoms with Gasteiger partial charge >= 0.3 is 0 Å². The predicted molar refractivity (Wildman–Crippen MR) is 72.3 cm³/mol. The normalized spacial score (nSPS) is 31.8. The molecule has 2 aliphatic rings. The minimum atomic E-state index is 0.631. The van der Waals surface area contributed by atoms with Crippen LogP contribution in [0.4, 0.5) is 0 Å². The molecular formula is C15H22N2O2. The van der Waals surface area contributed by atoms with Gasteiger partial charge in [-0.2, -0.15) is 0 Å². The van der Waals surface area contributed by atoms with Gasteiger partial charge < -0.3 is 0 Å². The molecule has 2 fully saturated rings. The minimum absolute atomic E-state index is 0.631. The number of hydrogen-bond donors (Lipinski definition) is 0. The average Bonchev–Trinajstić information content (AvgIpc) is 3.00. The van der Waals surface area contributed by atoms with Gasteiger partial charge in [-0.15, -0.1) is 0 Å². The molecule has 2 bridgehead atoms. The van der Waals surface area contributed by atoms with Gasteiger partial charge in [0.15, 0.2) is 0 Å². The maximum Gasteiger partial charge on any atom is 0.234 e. The Labute approximate surface area is 114 Å². The Morgan fingerprint density at radius 1 is 0.842 bits per heavy atom. The molecule has 4 heteroatoms. The van der Waals surface area contributed by atoms with Gasteiger partial charge in [0.25, 0.3) is 0 Å². The summed E-state index contributed by atoms with van der Waals surface area (Å²) in [7, 11) is 0. The number of unbranched alkanes of at least 4 members (excludes halogenated alkanes) is 2. The lowest BCUT2D eigenvalue weighted by Gasteiger charge is -2.26. The summed E-state index contributed by atoms with van der Waals surface area (Å²) < 4.78 is 0. The van der Waals surface area contributed by atoms with Gasteiger partial charge in [0.2, 0.25) is 12.2 Å². The van der Waals surface area contributed by atoms with Gasteiger partial charge in [0, 0.05) is 0 Å². The number of carbonyl (C=O) groups excluding carboxylic acids is 2. The molecule has 4 atom stereocenters. The van der Waals surface area contributed by atoms with Crippen LogP contribution in [0.5, 0.6) is 0 Å². The molecule has 2 saturated carbocycles. The van der Waals surface area contributed by atoms with Crippen LogP contribution in [0.25, 0.3) is 0 Å². The Kier molecular flexibility index (Phi) is 5.50. The van der Waals surface area contributed by atoms with Crippen LogP contribution in [0.2, 0.25) is 0 Å². The predicted octanol–water partition coefficient (Wildman–Crippen LogP) is 2.88. The van der Waals surface area contributed by atoms with Crippen LogP contribution >= 0.6 is 0 Å². The zero-order valence-corrected chi connectivity index (χ0v) is 11.4. The van der Waals surface area contributed by atoms with Crippen molar-refractivity contribution in [1.29, 1.82) is 0 Å². The van der Waals surface area contributed by atoms with Gasteiger partial charge in [-0.1, -0.05) is 19.3 Å². The van der Waals surface area contributed by atoms with Gasteiger partial charge in [0.05, 0.1) is 13.1 Å². The van der Waals surface area contributed by atoms with E-state index in [4.69, 9.17) is 0 Å². The van der Waals surface area contributed by atoms with Crippen LogP contribution in [-0.2, 0) is 9.59 Å². The fourth-order valence-electron chi connectivity index (χ4n) is 4.07. The van der Waals surface area contributed by atoms with E-state index < -0.39 is 0 Å². The van der Waals surface area contributed by atoms with Gasteiger partial charge in [-0.3, -0.25) is 0 Å². The van der Waals surface area contributed by atoms with Crippen molar-refractivity contribution < 1.29 is 9.59 Å². The summed E-state index contributed by atoms with van der Waals surface area (Å²) in [6.07, 6.45) is 11.9. The van der Waals surface area contributed by atoms with Crippen LogP contribution in [0.15, 0.2) is 9.98 Å². The van der Waals surface area contributed by atoms with E-state index in [2.05, 4.69) is 9.98 Å². The highest BCUT2D eigenvalue weighted by molar-refractivity contribution is 5.33. The van der Waals surface area contributed by atoms with E-state index >= 15 is 0 Å². The lowest BCUT2D eigenvalue weighted by Crippen LogP contribution is -2.19. The van der Waals surface area contributed by atoms with E-state index in [1.165, 1.54) is 32.1 Å². The molecule has 0 aromatic rings. The molecule has 0 spiro atoms. The first-order valence-corrected chi connectivity index (χ1v) is 7.42. The molecule has 0 aromatic heterocycles. The Balaban J connectivity index is 1.61. The number of nitrogens with zero attached hydrogens (tertiary/aromatic N) is 2. The monoisotopic (exact) mass is 262 g/mol. The lowest BCUT2D eigenvalue weighted by molar-refractivity contribution is 0.246. The van der Waals surface area contributed by atoms with Crippen molar-refractivity contribution in [2.45, 2.75) is 44.9 Å². The summed E-state index contributed by atoms with van der Waals surface area (Å²) in [6.45, 7) is 1.33. The summed E-state index contributed by atoms with van der Waals surface area (Å²) in [5, 5.41) is 0. The molecule has 0 radical (unpaired) electrons.